The van der Waals surface area contributed by atoms with Crippen LogP contribution in [0.3, 0.4) is 0 Å². The summed E-state index contributed by atoms with van der Waals surface area (Å²) in [5.41, 5.74) is 0.817. The van der Waals surface area contributed by atoms with Crippen molar-refractivity contribution in [3.8, 4) is 0 Å². The van der Waals surface area contributed by atoms with Crippen molar-refractivity contribution in [2.75, 3.05) is 19.6 Å². The molecular weight excluding hydrogens is 384 g/mol. The van der Waals surface area contributed by atoms with Crippen LogP contribution in [0.1, 0.15) is 63.5 Å². The Balaban J connectivity index is 0.00000312. The third kappa shape index (κ3) is 7.42. The van der Waals surface area contributed by atoms with Crippen LogP contribution in [0.15, 0.2) is 24.3 Å². The summed E-state index contributed by atoms with van der Waals surface area (Å²) >= 11 is 0. The van der Waals surface area contributed by atoms with Gasteiger partial charge in [0.25, 0.3) is 5.69 Å². The second-order valence-corrected chi connectivity index (χ2v) is 6.96. The zero-order valence-electron chi connectivity index (χ0n) is 15.1. The van der Waals surface area contributed by atoms with E-state index in [4.69, 9.17) is 0 Å². The maximum absolute atomic E-state index is 10.7. The molecule has 6 heteroatoms. The SMILES string of the molecule is Br.CCCCCCC1CCN(CC(O)c2ccc([N+](=O)[O-])cc2)CC1. The van der Waals surface area contributed by atoms with Crippen LogP contribution in [0.2, 0.25) is 0 Å². The molecule has 1 unspecified atom stereocenters. The second kappa shape index (κ2) is 11.6. The molecule has 1 aliphatic rings. The Hall–Kier alpha value is -0.980. The molecule has 1 saturated heterocycles. The molecule has 1 heterocycles. The molecule has 1 aromatic rings. The average molecular weight is 415 g/mol. The Kier molecular flexibility index (Phi) is 10.2. The van der Waals surface area contributed by atoms with Gasteiger partial charge in [-0.25, -0.2) is 0 Å². The van der Waals surface area contributed by atoms with Crippen molar-refractivity contribution in [3.05, 3.63) is 39.9 Å². The van der Waals surface area contributed by atoms with Crippen molar-refractivity contribution < 1.29 is 10.0 Å². The maximum Gasteiger partial charge on any atom is 0.269 e. The van der Waals surface area contributed by atoms with E-state index in [2.05, 4.69) is 11.8 Å². The smallest absolute Gasteiger partial charge is 0.269 e. The largest absolute Gasteiger partial charge is 0.387 e. The number of aliphatic hydroxyl groups excluding tert-OH is 1. The van der Waals surface area contributed by atoms with Gasteiger partial charge in [0.2, 0.25) is 0 Å². The van der Waals surface area contributed by atoms with Gasteiger partial charge in [0.15, 0.2) is 0 Å². The minimum Gasteiger partial charge on any atom is -0.387 e. The van der Waals surface area contributed by atoms with Crippen molar-refractivity contribution in [2.24, 2.45) is 5.92 Å². The van der Waals surface area contributed by atoms with E-state index in [0.29, 0.717) is 6.54 Å². The molecule has 0 aromatic heterocycles. The Labute approximate surface area is 161 Å². The van der Waals surface area contributed by atoms with E-state index in [1.54, 1.807) is 12.1 Å². The van der Waals surface area contributed by atoms with Crippen LogP contribution < -0.4 is 0 Å². The third-order valence-corrected chi connectivity index (χ3v) is 5.09. The first-order chi connectivity index (χ1) is 11.6. The highest BCUT2D eigenvalue weighted by molar-refractivity contribution is 8.93. The number of aliphatic hydroxyl groups is 1. The van der Waals surface area contributed by atoms with Gasteiger partial charge in [0.05, 0.1) is 11.0 Å². The highest BCUT2D eigenvalue weighted by atomic mass is 79.9. The fraction of sp³-hybridized carbons (Fsp3) is 0.684. The number of benzene rings is 1. The van der Waals surface area contributed by atoms with Crippen molar-refractivity contribution in [1.82, 2.24) is 4.90 Å². The summed E-state index contributed by atoms with van der Waals surface area (Å²) in [4.78, 5) is 12.6. The van der Waals surface area contributed by atoms with Gasteiger partial charge in [-0.2, -0.15) is 0 Å². The molecule has 1 fully saturated rings. The predicted octanol–water partition coefficient (Wildman–Crippen LogP) is 4.89. The summed E-state index contributed by atoms with van der Waals surface area (Å²) in [6.07, 6.45) is 8.56. The topological polar surface area (TPSA) is 66.6 Å². The lowest BCUT2D eigenvalue weighted by Gasteiger charge is -2.33. The summed E-state index contributed by atoms with van der Waals surface area (Å²) in [5, 5.41) is 21.0. The lowest BCUT2D eigenvalue weighted by atomic mass is 9.91. The van der Waals surface area contributed by atoms with E-state index in [0.717, 1.165) is 24.6 Å². The monoisotopic (exact) mass is 414 g/mol. The van der Waals surface area contributed by atoms with Crippen molar-refractivity contribution in [1.29, 1.82) is 0 Å². The molecular formula is C19H31BrN2O3. The normalized spacial score (nSPS) is 17.0. The number of nitrogens with zero attached hydrogens (tertiary/aromatic N) is 2. The highest BCUT2D eigenvalue weighted by Crippen LogP contribution is 2.25. The Morgan fingerprint density at radius 3 is 2.40 bits per heavy atom. The standard InChI is InChI=1S/C19H30N2O3.BrH/c1-2-3-4-5-6-16-11-13-20(14-12-16)15-19(22)17-7-9-18(10-8-17)21(23)24;/h7-10,16,19,22H,2-6,11-15H2,1H3;1H. The molecule has 0 radical (unpaired) electrons. The molecule has 1 atom stereocenters. The molecule has 1 aromatic carbocycles. The zero-order valence-corrected chi connectivity index (χ0v) is 16.8. The number of nitro benzene ring substituents is 1. The Morgan fingerprint density at radius 2 is 1.84 bits per heavy atom. The summed E-state index contributed by atoms with van der Waals surface area (Å²) in [6.45, 7) is 4.94. The number of likely N-dealkylation sites (tertiary alicyclic amines) is 1. The van der Waals surface area contributed by atoms with Crippen LogP contribution >= 0.6 is 17.0 Å². The first kappa shape index (κ1) is 22.1. The van der Waals surface area contributed by atoms with Gasteiger partial charge in [-0.05, 0) is 49.5 Å². The number of nitro groups is 1. The molecule has 2 rings (SSSR count). The molecule has 0 bridgehead atoms. The van der Waals surface area contributed by atoms with E-state index in [1.807, 2.05) is 0 Å². The Bertz CT molecular complexity index is 502. The van der Waals surface area contributed by atoms with Crippen molar-refractivity contribution >= 4 is 22.7 Å². The van der Waals surface area contributed by atoms with Gasteiger partial charge in [0.1, 0.15) is 0 Å². The number of β-amino-alcohol motifs (C(OH)–C–C–N with tert-alkyl or cyclic N) is 1. The molecule has 25 heavy (non-hydrogen) atoms. The summed E-state index contributed by atoms with van der Waals surface area (Å²) in [6, 6.07) is 6.23. The van der Waals surface area contributed by atoms with Crippen LogP contribution in [-0.4, -0.2) is 34.6 Å². The molecule has 0 aliphatic carbocycles. The second-order valence-electron chi connectivity index (χ2n) is 6.96. The van der Waals surface area contributed by atoms with Gasteiger partial charge in [-0.3, -0.25) is 10.1 Å². The fourth-order valence-corrected chi connectivity index (χ4v) is 3.49. The van der Waals surface area contributed by atoms with Crippen LogP contribution in [0.4, 0.5) is 5.69 Å². The minimum absolute atomic E-state index is 0. The van der Waals surface area contributed by atoms with Gasteiger partial charge in [-0.1, -0.05) is 39.0 Å². The minimum atomic E-state index is -0.577. The molecule has 0 amide bonds. The quantitative estimate of drug-likeness (QED) is 0.354. The number of rotatable bonds is 9. The highest BCUT2D eigenvalue weighted by Gasteiger charge is 2.21. The predicted molar refractivity (Wildman–Crippen MR) is 106 cm³/mol. The van der Waals surface area contributed by atoms with Gasteiger partial charge in [-0.15, -0.1) is 17.0 Å². The lowest BCUT2D eigenvalue weighted by Crippen LogP contribution is -2.36. The van der Waals surface area contributed by atoms with E-state index in [9.17, 15) is 15.2 Å². The lowest BCUT2D eigenvalue weighted by molar-refractivity contribution is -0.384. The molecule has 142 valence electrons. The van der Waals surface area contributed by atoms with Crippen molar-refractivity contribution in [3.63, 3.8) is 0 Å². The molecule has 0 spiro atoms. The fourth-order valence-electron chi connectivity index (χ4n) is 3.49. The molecule has 1 aliphatic heterocycles. The number of piperidine rings is 1. The van der Waals surface area contributed by atoms with Crippen LogP contribution in [0, 0.1) is 16.0 Å². The number of non-ortho nitro benzene ring substituents is 1. The van der Waals surface area contributed by atoms with E-state index >= 15 is 0 Å². The average Bonchev–Trinajstić information content (AvgIpc) is 2.60. The maximum atomic E-state index is 10.7. The summed E-state index contributed by atoms with van der Waals surface area (Å²) in [7, 11) is 0. The number of hydrogen-bond donors (Lipinski definition) is 1. The van der Waals surface area contributed by atoms with E-state index < -0.39 is 11.0 Å². The summed E-state index contributed by atoms with van der Waals surface area (Å²) < 4.78 is 0. The molecule has 0 saturated carbocycles. The number of unbranched alkanes of at least 4 members (excludes halogenated alkanes) is 3. The van der Waals surface area contributed by atoms with E-state index in [1.165, 1.54) is 57.1 Å². The zero-order chi connectivity index (χ0) is 17.4. The number of hydrogen-bond acceptors (Lipinski definition) is 4. The van der Waals surface area contributed by atoms with Gasteiger partial charge in [0, 0.05) is 18.7 Å². The van der Waals surface area contributed by atoms with Crippen LogP contribution in [-0.2, 0) is 0 Å². The van der Waals surface area contributed by atoms with Crippen LogP contribution in [0.5, 0.6) is 0 Å². The van der Waals surface area contributed by atoms with Gasteiger partial charge < -0.3 is 10.0 Å². The van der Waals surface area contributed by atoms with Gasteiger partial charge >= 0.3 is 0 Å². The molecule has 1 N–H and O–H groups in total. The Morgan fingerprint density at radius 1 is 1.20 bits per heavy atom. The summed E-state index contributed by atoms with van der Waals surface area (Å²) in [5.74, 6) is 0.842. The molecule has 5 nitrogen and oxygen atoms in total. The van der Waals surface area contributed by atoms with E-state index in [-0.39, 0.29) is 22.7 Å². The first-order valence-electron chi connectivity index (χ1n) is 9.25. The number of halogens is 1. The van der Waals surface area contributed by atoms with Crippen LogP contribution in [0.25, 0.3) is 0 Å². The first-order valence-corrected chi connectivity index (χ1v) is 9.25. The third-order valence-electron chi connectivity index (χ3n) is 5.09. The van der Waals surface area contributed by atoms with Crippen molar-refractivity contribution in [2.45, 2.75) is 58.0 Å².